The molecule has 0 amide bonds. The molecule has 198 valence electrons. The van der Waals surface area contributed by atoms with Crippen molar-refractivity contribution in [2.24, 2.45) is 28.6 Å². The van der Waals surface area contributed by atoms with Gasteiger partial charge in [0.1, 0.15) is 0 Å². The number of hydrogen-bond acceptors (Lipinski definition) is 3. The molecule has 0 bridgehead atoms. The van der Waals surface area contributed by atoms with E-state index in [0.717, 1.165) is 37.6 Å². The lowest BCUT2D eigenvalue weighted by Gasteiger charge is -2.32. The number of carbonyl (C=O) groups is 1. The molecule has 0 aliphatic heterocycles. The lowest BCUT2D eigenvalue weighted by molar-refractivity contribution is -0.140. The summed E-state index contributed by atoms with van der Waals surface area (Å²) in [6.45, 7) is 27.6. The third-order valence-corrected chi connectivity index (χ3v) is 12.8. The maximum Gasteiger partial charge on any atom is 0.303 e. The van der Waals surface area contributed by atoms with E-state index in [1.54, 1.807) is 0 Å². The Hall–Kier alpha value is -0.353. The van der Waals surface area contributed by atoms with Crippen LogP contribution < -0.4 is 0 Å². The normalized spacial score (nSPS) is 15.8. The molecular weight excluding hydrogens is 424 g/mol. The van der Waals surface area contributed by atoms with Gasteiger partial charge in [-0.25, -0.2) is 0 Å². The Morgan fingerprint density at radius 3 is 1.94 bits per heavy atom. The largest absolute Gasteiger partial charge is 0.466 e. The first-order valence-electron chi connectivity index (χ1n) is 13.9. The van der Waals surface area contributed by atoms with Gasteiger partial charge in [0.25, 0.3) is 0 Å². The monoisotopic (exact) mass is 484 g/mol. The Bertz CT molecular complexity index is 514. The van der Waals surface area contributed by atoms with Gasteiger partial charge in [-0.2, -0.15) is 0 Å². The van der Waals surface area contributed by atoms with Crippen LogP contribution in [0.5, 0.6) is 0 Å². The minimum Gasteiger partial charge on any atom is -0.466 e. The van der Waals surface area contributed by atoms with E-state index in [2.05, 4.69) is 69.2 Å². The summed E-state index contributed by atoms with van der Waals surface area (Å²) in [6, 6.07) is 4.15. The van der Waals surface area contributed by atoms with Crippen molar-refractivity contribution in [1.29, 1.82) is 0 Å². The van der Waals surface area contributed by atoms with E-state index in [9.17, 15) is 4.79 Å². The highest BCUT2D eigenvalue weighted by atomic mass is 28.3. The standard InChI is InChI=1S/C29H60O3Si/c1-12-32-27(30)23-33(13-2,14-3)19-15-18-31-22-26(25(5)21-29(9,10)11)17-16-24(4)20-28(6,7)8/h24-26H,12-23H2,1-11H3. The lowest BCUT2D eigenvalue weighted by Crippen LogP contribution is -2.36. The molecule has 0 radical (unpaired) electrons. The van der Waals surface area contributed by atoms with Gasteiger partial charge in [-0.05, 0) is 61.2 Å². The van der Waals surface area contributed by atoms with Crippen LogP contribution in [0.4, 0.5) is 0 Å². The van der Waals surface area contributed by atoms with E-state index in [-0.39, 0.29) is 5.97 Å². The molecule has 33 heavy (non-hydrogen) atoms. The minimum atomic E-state index is -1.58. The molecule has 0 aromatic rings. The van der Waals surface area contributed by atoms with Gasteiger partial charge in [0.05, 0.1) is 14.7 Å². The van der Waals surface area contributed by atoms with Crippen molar-refractivity contribution in [3.8, 4) is 0 Å². The SMILES string of the molecule is CCOC(=O)C[Si](CC)(CC)CCCOCC(CCC(C)CC(C)(C)C)C(C)CC(C)(C)C. The molecule has 0 rings (SSSR count). The zero-order valence-electron chi connectivity index (χ0n) is 24.4. The van der Waals surface area contributed by atoms with E-state index in [1.165, 1.54) is 31.7 Å². The van der Waals surface area contributed by atoms with E-state index in [1.807, 2.05) is 6.92 Å². The van der Waals surface area contributed by atoms with Crippen LogP contribution in [0.3, 0.4) is 0 Å². The van der Waals surface area contributed by atoms with Crippen molar-refractivity contribution < 1.29 is 14.3 Å². The van der Waals surface area contributed by atoms with Crippen molar-refractivity contribution in [2.45, 2.75) is 132 Å². The fourth-order valence-electron chi connectivity index (χ4n) is 5.55. The summed E-state index contributed by atoms with van der Waals surface area (Å²) in [5, 5.41) is 0. The zero-order valence-corrected chi connectivity index (χ0v) is 25.4. The van der Waals surface area contributed by atoms with E-state index >= 15 is 0 Å². The molecule has 0 aromatic carbocycles. The molecule has 3 nitrogen and oxygen atoms in total. The molecule has 4 heteroatoms. The van der Waals surface area contributed by atoms with Crippen LogP contribution in [-0.4, -0.2) is 33.9 Å². The Labute approximate surface area is 209 Å². The predicted molar refractivity (Wildman–Crippen MR) is 148 cm³/mol. The third kappa shape index (κ3) is 16.0. The summed E-state index contributed by atoms with van der Waals surface area (Å²) in [4.78, 5) is 12.1. The summed E-state index contributed by atoms with van der Waals surface area (Å²) in [5.74, 6) is 2.08. The summed E-state index contributed by atoms with van der Waals surface area (Å²) in [5.41, 5.74) is 0.760. The number of carbonyl (C=O) groups excluding carboxylic acids is 1. The van der Waals surface area contributed by atoms with Crippen LogP contribution >= 0.6 is 0 Å². The van der Waals surface area contributed by atoms with Crippen molar-refractivity contribution in [3.63, 3.8) is 0 Å². The van der Waals surface area contributed by atoms with Crippen LogP contribution in [-0.2, 0) is 14.3 Å². The molecule has 3 atom stereocenters. The highest BCUT2D eigenvalue weighted by molar-refractivity contribution is 6.82. The van der Waals surface area contributed by atoms with Crippen LogP contribution in [0.15, 0.2) is 0 Å². The zero-order chi connectivity index (χ0) is 25.7. The fourth-order valence-corrected chi connectivity index (χ4v) is 9.05. The highest BCUT2D eigenvalue weighted by Gasteiger charge is 2.32. The maximum atomic E-state index is 12.1. The van der Waals surface area contributed by atoms with Crippen molar-refractivity contribution in [2.75, 3.05) is 19.8 Å². The summed E-state index contributed by atoms with van der Waals surface area (Å²) in [7, 11) is -1.58. The summed E-state index contributed by atoms with van der Waals surface area (Å²) < 4.78 is 11.6. The van der Waals surface area contributed by atoms with Gasteiger partial charge in [0, 0.05) is 19.3 Å². The second kappa shape index (κ2) is 15.6. The first-order valence-corrected chi connectivity index (χ1v) is 16.7. The van der Waals surface area contributed by atoms with Gasteiger partial charge >= 0.3 is 5.97 Å². The van der Waals surface area contributed by atoms with Gasteiger partial charge in [-0.3, -0.25) is 4.79 Å². The number of hydrogen-bond donors (Lipinski definition) is 0. The molecule has 0 saturated heterocycles. The molecular formula is C29H60O3Si. The van der Waals surface area contributed by atoms with Crippen LogP contribution in [0.25, 0.3) is 0 Å². The smallest absolute Gasteiger partial charge is 0.303 e. The van der Waals surface area contributed by atoms with Crippen molar-refractivity contribution in [3.05, 3.63) is 0 Å². The molecule has 0 aliphatic carbocycles. The van der Waals surface area contributed by atoms with Gasteiger partial charge in [-0.15, -0.1) is 0 Å². The Morgan fingerprint density at radius 1 is 0.879 bits per heavy atom. The van der Waals surface area contributed by atoms with Gasteiger partial charge in [-0.1, -0.05) is 93.8 Å². The predicted octanol–water partition coefficient (Wildman–Crippen LogP) is 8.99. The number of ether oxygens (including phenoxy) is 2. The van der Waals surface area contributed by atoms with Crippen molar-refractivity contribution >= 4 is 14.0 Å². The lowest BCUT2D eigenvalue weighted by atomic mass is 9.76. The van der Waals surface area contributed by atoms with E-state index in [0.29, 0.717) is 35.3 Å². The Morgan fingerprint density at radius 2 is 1.45 bits per heavy atom. The minimum absolute atomic E-state index is 0.00855. The topological polar surface area (TPSA) is 35.5 Å². The quantitative estimate of drug-likeness (QED) is 0.117. The Balaban J connectivity index is 4.78. The fraction of sp³-hybridized carbons (Fsp3) is 0.966. The molecule has 0 saturated carbocycles. The highest BCUT2D eigenvalue weighted by Crippen LogP contribution is 2.34. The molecule has 0 heterocycles. The molecule has 0 aliphatic rings. The Kier molecular flexibility index (Phi) is 15.4. The number of esters is 1. The molecule has 0 spiro atoms. The van der Waals surface area contributed by atoms with Crippen LogP contribution in [0.2, 0.25) is 24.2 Å². The van der Waals surface area contributed by atoms with Gasteiger partial charge in [0.15, 0.2) is 0 Å². The number of rotatable bonds is 17. The molecule has 3 unspecified atom stereocenters. The summed E-state index contributed by atoms with van der Waals surface area (Å²) in [6.07, 6.45) is 6.17. The van der Waals surface area contributed by atoms with E-state index < -0.39 is 8.07 Å². The second-order valence-electron chi connectivity index (χ2n) is 13.3. The average molecular weight is 485 g/mol. The van der Waals surface area contributed by atoms with Crippen LogP contribution in [0, 0.1) is 28.6 Å². The molecule has 0 aromatic heterocycles. The van der Waals surface area contributed by atoms with Gasteiger partial charge < -0.3 is 9.47 Å². The second-order valence-corrected chi connectivity index (χ2v) is 18.6. The third-order valence-electron chi connectivity index (χ3n) is 7.38. The van der Waals surface area contributed by atoms with Crippen molar-refractivity contribution in [1.82, 2.24) is 0 Å². The maximum absolute atomic E-state index is 12.1. The first kappa shape index (κ1) is 32.6. The summed E-state index contributed by atoms with van der Waals surface area (Å²) >= 11 is 0. The van der Waals surface area contributed by atoms with Crippen LogP contribution in [0.1, 0.15) is 108 Å². The van der Waals surface area contributed by atoms with Gasteiger partial charge in [0.2, 0.25) is 0 Å². The first-order chi connectivity index (χ1) is 15.2. The molecule has 0 fully saturated rings. The average Bonchev–Trinajstić information content (AvgIpc) is 2.66. The van der Waals surface area contributed by atoms with E-state index in [4.69, 9.17) is 9.47 Å². The molecule has 0 N–H and O–H groups in total.